The first-order chi connectivity index (χ1) is 6.18. The van der Waals surface area contributed by atoms with Crippen molar-refractivity contribution in [3.63, 3.8) is 0 Å². The molecule has 0 aromatic rings. The average Bonchev–Trinajstić information content (AvgIpc) is 2.65. The van der Waals surface area contributed by atoms with E-state index >= 15 is 0 Å². The fraction of sp³-hybridized carbons (Fsp3) is 0.500. The third kappa shape index (κ3) is 1.83. The molecule has 0 amide bonds. The molecule has 0 atom stereocenters. The molecular formula is C8H9N2O2W. The fourth-order valence-electron chi connectivity index (χ4n) is 1.35. The molecule has 0 saturated heterocycles. The van der Waals surface area contributed by atoms with E-state index in [1.807, 2.05) is 19.1 Å². The van der Waals surface area contributed by atoms with Gasteiger partial charge in [0, 0.05) is 0 Å². The van der Waals surface area contributed by atoms with Crippen LogP contribution < -0.4 is 0 Å². The second kappa shape index (κ2) is 4.05. The van der Waals surface area contributed by atoms with Crippen LogP contribution in [-0.2, 0) is 19.8 Å². The fourth-order valence-corrected chi connectivity index (χ4v) is 2.12. The Labute approximate surface area is 87.3 Å². The summed E-state index contributed by atoms with van der Waals surface area (Å²) in [5, 5.41) is 5.66. The Morgan fingerprint density at radius 2 is 2.15 bits per heavy atom. The van der Waals surface area contributed by atoms with Crippen LogP contribution in [0.5, 0.6) is 0 Å². The first-order valence-corrected chi connectivity index (χ1v) is 5.43. The summed E-state index contributed by atoms with van der Waals surface area (Å²) in [5.74, 6) is 0. The zero-order valence-electron chi connectivity index (χ0n) is 7.19. The van der Waals surface area contributed by atoms with Crippen molar-refractivity contribution in [2.24, 2.45) is 10.4 Å². The molecule has 0 fully saturated rings. The van der Waals surface area contributed by atoms with Gasteiger partial charge >= 0.3 is 87.1 Å². The van der Waals surface area contributed by atoms with Crippen molar-refractivity contribution < 1.29 is 19.8 Å². The van der Waals surface area contributed by atoms with Crippen LogP contribution >= 0.6 is 0 Å². The van der Waals surface area contributed by atoms with Crippen molar-refractivity contribution in [2.75, 3.05) is 0 Å². The van der Waals surface area contributed by atoms with E-state index in [1.54, 1.807) is 0 Å². The molecule has 0 unspecified atom stereocenters. The Kier molecular flexibility index (Phi) is 3.26. The minimum absolute atomic E-state index is 0.629. The van der Waals surface area contributed by atoms with Crippen LogP contribution in [0.3, 0.4) is 0 Å². The molecule has 0 saturated carbocycles. The van der Waals surface area contributed by atoms with Gasteiger partial charge in [0.1, 0.15) is 0 Å². The second-order valence-corrected chi connectivity index (χ2v) is 4.80. The van der Waals surface area contributed by atoms with Crippen LogP contribution in [0.15, 0.2) is 33.7 Å². The Bertz CT molecular complexity index is 289. The monoisotopic (exact) mass is 349 g/mol. The second-order valence-electron chi connectivity index (χ2n) is 2.75. The molecule has 0 N–H and O–H groups in total. The normalized spacial score (nSPS) is 16.4. The van der Waals surface area contributed by atoms with Crippen LogP contribution in [0.2, 0.25) is 0 Å². The van der Waals surface area contributed by atoms with E-state index in [-0.39, 0.29) is 0 Å². The molecule has 0 radical (unpaired) electrons. The van der Waals surface area contributed by atoms with Crippen LogP contribution in [0.4, 0.5) is 0 Å². The van der Waals surface area contributed by atoms with Crippen LogP contribution in [0.25, 0.3) is 0 Å². The molecule has 0 spiro atoms. The Balaban J connectivity index is 3.06. The van der Waals surface area contributed by atoms with E-state index in [4.69, 9.17) is 0 Å². The van der Waals surface area contributed by atoms with Gasteiger partial charge in [0.25, 0.3) is 0 Å². The number of allylic oxidation sites excluding steroid dienone is 3. The molecular weight excluding hydrogens is 340 g/mol. The van der Waals surface area contributed by atoms with E-state index in [1.165, 1.54) is 0 Å². The molecule has 1 aliphatic rings. The predicted octanol–water partition coefficient (Wildman–Crippen LogP) is 2.39. The zero-order chi connectivity index (χ0) is 9.90. The quantitative estimate of drug-likeness (QED) is 0.732. The van der Waals surface area contributed by atoms with Gasteiger partial charge in [-0.15, -0.1) is 0 Å². The predicted molar refractivity (Wildman–Crippen MR) is 45.4 cm³/mol. The van der Waals surface area contributed by atoms with E-state index < -0.39 is 4.05 Å². The van der Waals surface area contributed by atoms with Gasteiger partial charge < -0.3 is 0 Å². The summed E-state index contributed by atoms with van der Waals surface area (Å²) >= 11 is 0.789. The molecule has 0 bridgehead atoms. The van der Waals surface area contributed by atoms with Gasteiger partial charge in [0.05, 0.1) is 0 Å². The maximum atomic E-state index is 10.5. The van der Waals surface area contributed by atoms with Gasteiger partial charge in [-0.3, -0.25) is 0 Å². The van der Waals surface area contributed by atoms with Crippen molar-refractivity contribution >= 4 is 0 Å². The number of nitrogens with zero attached hydrogens (tertiary/aromatic N) is 2. The summed E-state index contributed by atoms with van der Waals surface area (Å²) in [7, 11) is 0. The Hall–Kier alpha value is -0.632. The summed E-state index contributed by atoms with van der Waals surface area (Å²) < 4.78 is -1.32. The molecule has 5 heteroatoms. The molecule has 0 aromatic heterocycles. The van der Waals surface area contributed by atoms with Crippen molar-refractivity contribution in [1.82, 2.24) is 0 Å². The molecule has 69 valence electrons. The Morgan fingerprint density at radius 3 is 2.62 bits per heavy atom. The topological polar surface area (TPSA) is 58.9 Å². The third-order valence-electron chi connectivity index (χ3n) is 2.05. The number of nitroso groups, excluding NO2 is 2. The zero-order valence-corrected chi connectivity index (χ0v) is 10.1. The van der Waals surface area contributed by atoms with Crippen molar-refractivity contribution in [2.45, 2.75) is 23.8 Å². The SMILES string of the molecule is CCC1=C([C]([W])(N=O)N=O)CC=C1. The first kappa shape index (κ1) is 10.4. The summed E-state index contributed by atoms with van der Waals surface area (Å²) in [6.07, 6.45) is 5.31. The van der Waals surface area contributed by atoms with Gasteiger partial charge in [0.15, 0.2) is 0 Å². The van der Waals surface area contributed by atoms with E-state index in [2.05, 4.69) is 10.4 Å². The van der Waals surface area contributed by atoms with Gasteiger partial charge in [-0.25, -0.2) is 0 Å². The number of hydrogen-bond donors (Lipinski definition) is 0. The Morgan fingerprint density at radius 1 is 1.54 bits per heavy atom. The molecule has 4 nitrogen and oxygen atoms in total. The molecule has 0 aliphatic heterocycles. The number of rotatable bonds is 4. The van der Waals surface area contributed by atoms with Crippen LogP contribution in [0, 0.1) is 9.81 Å². The van der Waals surface area contributed by atoms with Crippen molar-refractivity contribution in [3.05, 3.63) is 33.1 Å². The van der Waals surface area contributed by atoms with Crippen molar-refractivity contribution in [1.29, 1.82) is 0 Å². The summed E-state index contributed by atoms with van der Waals surface area (Å²) in [6.45, 7) is 1.98. The average molecular weight is 349 g/mol. The van der Waals surface area contributed by atoms with E-state index in [0.717, 1.165) is 37.4 Å². The molecule has 13 heavy (non-hydrogen) atoms. The molecule has 0 aromatic carbocycles. The first-order valence-electron chi connectivity index (χ1n) is 3.96. The molecule has 0 heterocycles. The minimum atomic E-state index is -1.32. The van der Waals surface area contributed by atoms with Crippen molar-refractivity contribution in [3.8, 4) is 0 Å². The van der Waals surface area contributed by atoms with E-state index in [9.17, 15) is 9.81 Å². The standard InChI is InChI=1S/C8H9N2O2.W/c1-2-6-4-3-5-7(6)8(9-11)10-12;/h3-4H,2,5H2,1H3;. The summed E-state index contributed by atoms with van der Waals surface area (Å²) in [4.78, 5) is 21.0. The van der Waals surface area contributed by atoms with Gasteiger partial charge in [-0.1, -0.05) is 0 Å². The van der Waals surface area contributed by atoms with Gasteiger partial charge in [-0.05, 0) is 0 Å². The molecule has 1 rings (SSSR count). The summed E-state index contributed by atoms with van der Waals surface area (Å²) in [5.41, 5.74) is 1.80. The molecule has 1 aliphatic carbocycles. The van der Waals surface area contributed by atoms with E-state index in [0.29, 0.717) is 6.42 Å². The number of hydrogen-bond acceptors (Lipinski definition) is 4. The van der Waals surface area contributed by atoms with Crippen LogP contribution in [-0.4, -0.2) is 4.05 Å². The summed E-state index contributed by atoms with van der Waals surface area (Å²) in [6, 6.07) is 0. The third-order valence-corrected chi connectivity index (χ3v) is 3.47. The maximum absolute atomic E-state index is 10.5. The van der Waals surface area contributed by atoms with Gasteiger partial charge in [0.2, 0.25) is 0 Å². The van der Waals surface area contributed by atoms with Gasteiger partial charge in [-0.2, -0.15) is 0 Å². The van der Waals surface area contributed by atoms with Crippen LogP contribution in [0.1, 0.15) is 19.8 Å².